The molecule has 2 N–H and O–H groups in total. The van der Waals surface area contributed by atoms with Gasteiger partial charge >= 0.3 is 0 Å². The maximum absolute atomic E-state index is 11.9. The summed E-state index contributed by atoms with van der Waals surface area (Å²) in [5.41, 5.74) is 0.664. The molecule has 0 fully saturated rings. The Hall–Kier alpha value is -2.08. The molecular formula is C14H13BrN2O3. The van der Waals surface area contributed by atoms with Crippen LogP contribution in [0.2, 0.25) is 0 Å². The van der Waals surface area contributed by atoms with Gasteiger partial charge in [-0.2, -0.15) is 0 Å². The fourth-order valence-corrected chi connectivity index (χ4v) is 1.79. The third-order valence-electron chi connectivity index (χ3n) is 2.60. The third-order valence-corrected chi connectivity index (χ3v) is 3.13. The number of nitrogens with one attached hydrogen (secondary N) is 2. The zero-order chi connectivity index (χ0) is 14.5. The lowest BCUT2D eigenvalue weighted by Gasteiger charge is -2.13. The molecule has 0 saturated heterocycles. The molecule has 2 rings (SSSR count). The van der Waals surface area contributed by atoms with E-state index in [1.807, 2.05) is 12.1 Å². The van der Waals surface area contributed by atoms with Crippen LogP contribution in [0.1, 0.15) is 17.5 Å². The van der Waals surface area contributed by atoms with Crippen molar-refractivity contribution < 1.29 is 14.0 Å². The molecule has 0 saturated carbocycles. The number of carbonyl (C=O) groups is 2. The van der Waals surface area contributed by atoms with Gasteiger partial charge in [-0.25, -0.2) is 0 Å². The quantitative estimate of drug-likeness (QED) is 0.901. The molecule has 6 heteroatoms. The van der Waals surface area contributed by atoms with Crippen molar-refractivity contribution in [2.75, 3.05) is 5.32 Å². The first-order chi connectivity index (χ1) is 9.56. The van der Waals surface area contributed by atoms with E-state index in [0.717, 1.165) is 4.47 Å². The van der Waals surface area contributed by atoms with Crippen molar-refractivity contribution in [2.24, 2.45) is 0 Å². The Morgan fingerprint density at radius 3 is 2.50 bits per heavy atom. The van der Waals surface area contributed by atoms with E-state index >= 15 is 0 Å². The Labute approximate surface area is 124 Å². The lowest BCUT2D eigenvalue weighted by Crippen LogP contribution is -2.41. The normalized spacial score (nSPS) is 11.7. The summed E-state index contributed by atoms with van der Waals surface area (Å²) in [6.07, 6.45) is 1.40. The first-order valence-electron chi connectivity index (χ1n) is 5.97. The Balaban J connectivity index is 1.92. The molecule has 0 bridgehead atoms. The minimum absolute atomic E-state index is 0.174. The minimum Gasteiger partial charge on any atom is -0.459 e. The van der Waals surface area contributed by atoms with E-state index in [1.54, 1.807) is 25.1 Å². The van der Waals surface area contributed by atoms with Crippen molar-refractivity contribution in [1.29, 1.82) is 0 Å². The van der Waals surface area contributed by atoms with Gasteiger partial charge < -0.3 is 15.1 Å². The van der Waals surface area contributed by atoms with E-state index in [1.165, 1.54) is 12.3 Å². The number of halogens is 1. The molecule has 2 aromatic rings. The van der Waals surface area contributed by atoms with Crippen molar-refractivity contribution >= 4 is 33.4 Å². The predicted molar refractivity (Wildman–Crippen MR) is 78.4 cm³/mol. The van der Waals surface area contributed by atoms with Crippen LogP contribution in [0.5, 0.6) is 0 Å². The molecular weight excluding hydrogens is 324 g/mol. The number of rotatable bonds is 4. The Bertz CT molecular complexity index is 593. The van der Waals surface area contributed by atoms with Crippen molar-refractivity contribution in [2.45, 2.75) is 13.0 Å². The molecule has 0 aliphatic rings. The maximum Gasteiger partial charge on any atom is 0.287 e. The summed E-state index contributed by atoms with van der Waals surface area (Å²) in [4.78, 5) is 23.7. The van der Waals surface area contributed by atoms with Gasteiger partial charge in [-0.3, -0.25) is 9.59 Å². The number of anilines is 1. The minimum atomic E-state index is -0.670. The van der Waals surface area contributed by atoms with Gasteiger partial charge in [-0.1, -0.05) is 15.9 Å². The molecule has 1 aromatic carbocycles. The number of furan rings is 1. The maximum atomic E-state index is 11.9. The predicted octanol–water partition coefficient (Wildman–Crippen LogP) is 2.80. The van der Waals surface area contributed by atoms with Gasteiger partial charge in [0.25, 0.3) is 5.91 Å². The molecule has 0 spiro atoms. The topological polar surface area (TPSA) is 71.3 Å². The van der Waals surface area contributed by atoms with Crippen LogP contribution in [-0.2, 0) is 4.79 Å². The number of benzene rings is 1. The van der Waals surface area contributed by atoms with E-state index < -0.39 is 11.9 Å². The molecule has 1 heterocycles. The van der Waals surface area contributed by atoms with Gasteiger partial charge in [0.15, 0.2) is 5.76 Å². The van der Waals surface area contributed by atoms with E-state index in [4.69, 9.17) is 4.42 Å². The first kappa shape index (κ1) is 14.3. The first-order valence-corrected chi connectivity index (χ1v) is 6.76. The van der Waals surface area contributed by atoms with Crippen molar-refractivity contribution in [3.8, 4) is 0 Å². The fourth-order valence-electron chi connectivity index (χ4n) is 1.52. The molecule has 1 atom stereocenters. The summed E-state index contributed by atoms with van der Waals surface area (Å²) in [6, 6.07) is 9.65. The molecule has 2 amide bonds. The molecule has 1 aromatic heterocycles. The summed E-state index contributed by atoms with van der Waals surface area (Å²) in [7, 11) is 0. The number of hydrogen-bond donors (Lipinski definition) is 2. The van der Waals surface area contributed by atoms with Gasteiger partial charge in [0, 0.05) is 10.2 Å². The van der Waals surface area contributed by atoms with Gasteiger partial charge in [-0.15, -0.1) is 0 Å². The van der Waals surface area contributed by atoms with Crippen LogP contribution in [0.4, 0.5) is 5.69 Å². The van der Waals surface area contributed by atoms with Gasteiger partial charge in [-0.05, 0) is 43.3 Å². The van der Waals surface area contributed by atoms with E-state index in [9.17, 15) is 9.59 Å². The van der Waals surface area contributed by atoms with Crippen LogP contribution in [0.3, 0.4) is 0 Å². The second-order valence-electron chi connectivity index (χ2n) is 4.17. The number of amides is 2. The second-order valence-corrected chi connectivity index (χ2v) is 5.08. The van der Waals surface area contributed by atoms with Crippen LogP contribution in [0.25, 0.3) is 0 Å². The zero-order valence-corrected chi connectivity index (χ0v) is 12.3. The fraction of sp³-hybridized carbons (Fsp3) is 0.143. The highest BCUT2D eigenvalue weighted by Crippen LogP contribution is 2.14. The van der Waals surface area contributed by atoms with Crippen molar-refractivity contribution in [1.82, 2.24) is 5.32 Å². The smallest absolute Gasteiger partial charge is 0.287 e. The largest absolute Gasteiger partial charge is 0.459 e. The van der Waals surface area contributed by atoms with Crippen LogP contribution in [0.15, 0.2) is 51.6 Å². The molecule has 0 aliphatic carbocycles. The van der Waals surface area contributed by atoms with Gasteiger partial charge in [0.2, 0.25) is 5.91 Å². The third kappa shape index (κ3) is 3.71. The van der Waals surface area contributed by atoms with E-state index in [-0.39, 0.29) is 11.7 Å². The molecule has 104 valence electrons. The number of carbonyl (C=O) groups excluding carboxylic acids is 2. The second kappa shape index (κ2) is 6.38. The number of hydrogen-bond acceptors (Lipinski definition) is 3. The van der Waals surface area contributed by atoms with Gasteiger partial charge in [0.05, 0.1) is 6.26 Å². The molecule has 0 aliphatic heterocycles. The van der Waals surface area contributed by atoms with Crippen LogP contribution in [-0.4, -0.2) is 17.9 Å². The Morgan fingerprint density at radius 1 is 1.20 bits per heavy atom. The highest BCUT2D eigenvalue weighted by atomic mass is 79.9. The lowest BCUT2D eigenvalue weighted by molar-refractivity contribution is -0.117. The molecule has 20 heavy (non-hydrogen) atoms. The van der Waals surface area contributed by atoms with Gasteiger partial charge in [0.1, 0.15) is 6.04 Å². The highest BCUT2D eigenvalue weighted by Gasteiger charge is 2.18. The molecule has 0 unspecified atom stereocenters. The van der Waals surface area contributed by atoms with Crippen molar-refractivity contribution in [3.05, 3.63) is 52.9 Å². The molecule has 0 radical (unpaired) electrons. The summed E-state index contributed by atoms with van der Waals surface area (Å²) in [5, 5.41) is 5.27. The Kier molecular flexibility index (Phi) is 4.57. The highest BCUT2D eigenvalue weighted by molar-refractivity contribution is 9.10. The monoisotopic (exact) mass is 336 g/mol. The summed E-state index contributed by atoms with van der Waals surface area (Å²) in [5.74, 6) is -0.547. The van der Waals surface area contributed by atoms with Crippen LogP contribution < -0.4 is 10.6 Å². The summed E-state index contributed by atoms with van der Waals surface area (Å²) >= 11 is 3.32. The van der Waals surface area contributed by atoms with Crippen LogP contribution in [0, 0.1) is 0 Å². The standard InChI is InChI=1S/C14H13BrN2O3/c1-9(16-14(19)12-3-2-8-20-12)13(18)17-11-6-4-10(15)5-7-11/h2-9H,1H3,(H,16,19)(H,17,18)/t9-/m1/s1. The average molecular weight is 337 g/mol. The lowest BCUT2D eigenvalue weighted by atomic mass is 10.2. The van der Waals surface area contributed by atoms with E-state index in [2.05, 4.69) is 26.6 Å². The summed E-state index contributed by atoms with van der Waals surface area (Å²) in [6.45, 7) is 1.61. The van der Waals surface area contributed by atoms with Crippen LogP contribution >= 0.6 is 15.9 Å². The summed E-state index contributed by atoms with van der Waals surface area (Å²) < 4.78 is 5.88. The van der Waals surface area contributed by atoms with Crippen molar-refractivity contribution in [3.63, 3.8) is 0 Å². The SMILES string of the molecule is C[C@@H](NC(=O)c1ccco1)C(=O)Nc1ccc(Br)cc1. The zero-order valence-electron chi connectivity index (χ0n) is 10.7. The van der Waals surface area contributed by atoms with E-state index in [0.29, 0.717) is 5.69 Å². The Morgan fingerprint density at radius 2 is 1.90 bits per heavy atom. The molecule has 5 nitrogen and oxygen atoms in total. The average Bonchev–Trinajstić information content (AvgIpc) is 2.95.